The van der Waals surface area contributed by atoms with E-state index in [1.807, 2.05) is 0 Å². The first-order chi connectivity index (χ1) is 10.4. The third-order valence-electron chi connectivity index (χ3n) is 3.15. The number of benzene rings is 2. The average Bonchev–Trinajstić information content (AvgIpc) is 2.87. The molecular formula is C14H10ClNO4S2. The molecule has 114 valence electrons. The summed E-state index contributed by atoms with van der Waals surface area (Å²) in [7, 11) is -4.01. The molecule has 0 radical (unpaired) electrons. The van der Waals surface area contributed by atoms with E-state index in [1.54, 1.807) is 30.3 Å². The largest absolute Gasteiger partial charge is 0.301 e. The van der Waals surface area contributed by atoms with Gasteiger partial charge in [0.05, 0.1) is 10.4 Å². The van der Waals surface area contributed by atoms with Gasteiger partial charge < -0.3 is 4.55 Å². The van der Waals surface area contributed by atoms with E-state index in [-0.39, 0.29) is 15.4 Å². The Labute approximate surface area is 134 Å². The van der Waals surface area contributed by atoms with Crippen molar-refractivity contribution in [3.63, 3.8) is 0 Å². The molecule has 0 bridgehead atoms. The monoisotopic (exact) mass is 355 g/mol. The van der Waals surface area contributed by atoms with Crippen LogP contribution in [-0.4, -0.2) is 21.2 Å². The van der Waals surface area contributed by atoms with Gasteiger partial charge in [0.25, 0.3) is 10.0 Å². The van der Waals surface area contributed by atoms with Crippen LogP contribution in [0.15, 0.2) is 64.5 Å². The highest BCUT2D eigenvalue weighted by molar-refractivity contribution is 7.90. The summed E-state index contributed by atoms with van der Waals surface area (Å²) in [6, 6.07) is 13.7. The molecule has 0 fully saturated rings. The van der Waals surface area contributed by atoms with Crippen LogP contribution < -0.4 is 0 Å². The van der Waals surface area contributed by atoms with Crippen LogP contribution in [0.1, 0.15) is 0 Å². The van der Waals surface area contributed by atoms with E-state index >= 15 is 0 Å². The predicted octanol–water partition coefficient (Wildman–Crippen LogP) is 3.11. The van der Waals surface area contributed by atoms with Crippen LogP contribution in [0.4, 0.5) is 0 Å². The first-order valence-corrected chi connectivity index (χ1v) is 9.06. The lowest BCUT2D eigenvalue weighted by molar-refractivity contribution is 0.553. The average molecular weight is 356 g/mol. The molecule has 1 aromatic heterocycles. The molecule has 0 aliphatic carbocycles. The Balaban J connectivity index is 2.41. The zero-order valence-electron chi connectivity index (χ0n) is 11.0. The fourth-order valence-electron chi connectivity index (χ4n) is 2.19. The van der Waals surface area contributed by atoms with E-state index in [9.17, 15) is 17.2 Å². The van der Waals surface area contributed by atoms with Gasteiger partial charge >= 0.3 is 0 Å². The van der Waals surface area contributed by atoms with Gasteiger partial charge in [-0.1, -0.05) is 35.9 Å². The van der Waals surface area contributed by atoms with Gasteiger partial charge in [-0.05, 0) is 30.3 Å². The second-order valence-electron chi connectivity index (χ2n) is 4.52. The van der Waals surface area contributed by atoms with Crippen molar-refractivity contribution in [3.8, 4) is 0 Å². The molecule has 1 heterocycles. The summed E-state index contributed by atoms with van der Waals surface area (Å²) in [5.41, 5.74) is 0.258. The quantitative estimate of drug-likeness (QED) is 0.732. The van der Waals surface area contributed by atoms with Gasteiger partial charge in [-0.15, -0.1) is 0 Å². The van der Waals surface area contributed by atoms with Crippen molar-refractivity contribution < 1.29 is 17.2 Å². The van der Waals surface area contributed by atoms with Crippen LogP contribution in [0.5, 0.6) is 0 Å². The molecule has 1 N–H and O–H groups in total. The SMILES string of the molecule is O=S(O)c1cc2ccc(Cl)cc2n1S(=O)(=O)c1ccccc1. The summed E-state index contributed by atoms with van der Waals surface area (Å²) in [5.74, 6) is 0. The van der Waals surface area contributed by atoms with Crippen molar-refractivity contribution in [2.24, 2.45) is 0 Å². The smallest absolute Gasteiger partial charge is 0.269 e. The van der Waals surface area contributed by atoms with Crippen LogP contribution in [0.3, 0.4) is 0 Å². The molecule has 8 heteroatoms. The van der Waals surface area contributed by atoms with E-state index in [1.165, 1.54) is 24.3 Å². The summed E-state index contributed by atoms with van der Waals surface area (Å²) in [6.07, 6.45) is 0. The Morgan fingerprint density at radius 2 is 1.73 bits per heavy atom. The maximum Gasteiger partial charge on any atom is 0.269 e. The normalized spacial score (nSPS) is 13.4. The van der Waals surface area contributed by atoms with Gasteiger partial charge in [0.2, 0.25) is 11.1 Å². The van der Waals surface area contributed by atoms with E-state index in [0.29, 0.717) is 10.4 Å². The highest BCUT2D eigenvalue weighted by Gasteiger charge is 2.25. The zero-order chi connectivity index (χ0) is 15.9. The molecule has 3 aromatic rings. The molecule has 1 unspecified atom stereocenters. The Hall–Kier alpha value is -1.67. The van der Waals surface area contributed by atoms with Gasteiger partial charge in [-0.25, -0.2) is 16.6 Å². The minimum absolute atomic E-state index is 0.0270. The number of fused-ring (bicyclic) bond motifs is 1. The number of hydrogen-bond acceptors (Lipinski definition) is 3. The summed E-state index contributed by atoms with van der Waals surface area (Å²) in [4.78, 5) is 0.0270. The molecular weight excluding hydrogens is 346 g/mol. The Kier molecular flexibility index (Phi) is 3.82. The minimum atomic E-state index is -4.01. The third kappa shape index (κ3) is 2.46. The number of hydrogen-bond donors (Lipinski definition) is 1. The number of rotatable bonds is 3. The van der Waals surface area contributed by atoms with E-state index in [0.717, 1.165) is 3.97 Å². The van der Waals surface area contributed by atoms with Crippen molar-refractivity contribution in [2.75, 3.05) is 0 Å². The molecule has 2 aromatic carbocycles. The fraction of sp³-hybridized carbons (Fsp3) is 0. The second kappa shape index (κ2) is 5.51. The van der Waals surface area contributed by atoms with Gasteiger partial charge in [-0.3, -0.25) is 0 Å². The number of halogens is 1. The zero-order valence-corrected chi connectivity index (χ0v) is 13.4. The number of nitrogens with zero attached hydrogens (tertiary/aromatic N) is 1. The Bertz CT molecular complexity index is 981. The molecule has 22 heavy (non-hydrogen) atoms. The van der Waals surface area contributed by atoms with Crippen LogP contribution in [-0.2, 0) is 21.1 Å². The van der Waals surface area contributed by atoms with Crippen molar-refractivity contribution >= 4 is 43.6 Å². The topological polar surface area (TPSA) is 76.4 Å². The van der Waals surface area contributed by atoms with Gasteiger partial charge in [0.1, 0.15) is 5.03 Å². The molecule has 0 aliphatic rings. The fourth-order valence-corrected chi connectivity index (χ4v) is 4.73. The van der Waals surface area contributed by atoms with Crippen molar-refractivity contribution in [2.45, 2.75) is 9.92 Å². The molecule has 3 rings (SSSR count). The van der Waals surface area contributed by atoms with Gasteiger partial charge in [0, 0.05) is 10.4 Å². The summed E-state index contributed by atoms with van der Waals surface area (Å²) in [5, 5.41) is 0.632. The highest BCUT2D eigenvalue weighted by Crippen LogP contribution is 2.29. The molecule has 0 saturated heterocycles. The van der Waals surface area contributed by atoms with E-state index < -0.39 is 21.1 Å². The molecule has 0 saturated carbocycles. The van der Waals surface area contributed by atoms with E-state index in [2.05, 4.69) is 0 Å². The maximum atomic E-state index is 12.8. The predicted molar refractivity (Wildman–Crippen MR) is 85.0 cm³/mol. The highest BCUT2D eigenvalue weighted by atomic mass is 35.5. The van der Waals surface area contributed by atoms with Crippen molar-refractivity contribution in [1.82, 2.24) is 3.97 Å². The van der Waals surface area contributed by atoms with Gasteiger partial charge in [-0.2, -0.15) is 0 Å². The van der Waals surface area contributed by atoms with Crippen molar-refractivity contribution in [3.05, 3.63) is 59.6 Å². The lowest BCUT2D eigenvalue weighted by Crippen LogP contribution is -2.16. The third-order valence-corrected chi connectivity index (χ3v) is 5.90. The second-order valence-corrected chi connectivity index (χ2v) is 7.66. The number of aromatic nitrogens is 1. The lowest BCUT2D eigenvalue weighted by Gasteiger charge is -2.10. The van der Waals surface area contributed by atoms with Crippen LogP contribution in [0, 0.1) is 0 Å². The summed E-state index contributed by atoms with van der Waals surface area (Å²) >= 11 is 3.47. The molecule has 0 amide bonds. The Morgan fingerprint density at radius 3 is 2.36 bits per heavy atom. The lowest BCUT2D eigenvalue weighted by atomic mass is 10.2. The van der Waals surface area contributed by atoms with Crippen molar-refractivity contribution in [1.29, 1.82) is 0 Å². The van der Waals surface area contributed by atoms with Crippen LogP contribution in [0.25, 0.3) is 10.9 Å². The van der Waals surface area contributed by atoms with E-state index in [4.69, 9.17) is 11.6 Å². The maximum absolute atomic E-state index is 12.8. The standard InChI is InChI=1S/C14H10ClNO4S2/c15-11-7-6-10-8-14(21(17)18)16(13(10)9-11)22(19,20)12-4-2-1-3-5-12/h1-9H,(H,17,18). The molecule has 5 nitrogen and oxygen atoms in total. The first-order valence-electron chi connectivity index (χ1n) is 6.14. The first kappa shape index (κ1) is 15.2. The summed E-state index contributed by atoms with van der Waals surface area (Å²) in [6.45, 7) is 0. The van der Waals surface area contributed by atoms with Crippen LogP contribution >= 0.6 is 11.6 Å². The molecule has 0 spiro atoms. The molecule has 0 aliphatic heterocycles. The Morgan fingerprint density at radius 1 is 1.05 bits per heavy atom. The van der Waals surface area contributed by atoms with Gasteiger partial charge in [0.15, 0.2) is 0 Å². The molecule has 1 atom stereocenters. The van der Waals surface area contributed by atoms with Crippen LogP contribution in [0.2, 0.25) is 5.02 Å². The minimum Gasteiger partial charge on any atom is -0.301 e. The summed E-state index contributed by atoms with van der Waals surface area (Å²) < 4.78 is 47.5.